The van der Waals surface area contributed by atoms with Gasteiger partial charge in [-0.25, -0.2) is 9.59 Å². The van der Waals surface area contributed by atoms with Crippen molar-refractivity contribution >= 4 is 35.1 Å². The van der Waals surface area contributed by atoms with Gasteiger partial charge in [0.1, 0.15) is 0 Å². The number of carbonyl (C=O) groups is 4. The Kier molecular flexibility index (Phi) is 11.9. The maximum absolute atomic E-state index is 12.6. The number of ether oxygens (including phenoxy) is 1. The standard InChI is InChI=1S/C24H30N4O5.C2HF3O2/c1-17-5-3-4-6-19(17)23(30)26-18-7-8-21(20(15-18)24(31)32)28-12-10-27(11-13-28)16-22(29)25-9-14-33-2;3-2(4,5)1(6)7/h3-8,15H,9-14,16H2,1-2H3,(H,25,29)(H,26,30)(H,31,32);(H,6,7). The van der Waals surface area contributed by atoms with Crippen LogP contribution in [0.3, 0.4) is 0 Å². The smallest absolute Gasteiger partial charge is 0.478 e. The molecule has 0 radical (unpaired) electrons. The number of nitrogens with one attached hydrogen (secondary N) is 2. The van der Waals surface area contributed by atoms with Crippen LogP contribution in [0.1, 0.15) is 26.3 Å². The minimum absolute atomic E-state index is 0.0551. The second kappa shape index (κ2) is 14.8. The lowest BCUT2D eigenvalue weighted by Crippen LogP contribution is -2.50. The quantitative estimate of drug-likeness (QED) is 0.335. The Labute approximate surface area is 228 Å². The average Bonchev–Trinajstić information content (AvgIpc) is 2.89. The van der Waals surface area contributed by atoms with E-state index in [1.165, 1.54) is 6.07 Å². The minimum atomic E-state index is -5.08. The largest absolute Gasteiger partial charge is 0.490 e. The van der Waals surface area contributed by atoms with Crippen LogP contribution in [0.2, 0.25) is 0 Å². The molecule has 1 aliphatic heterocycles. The molecule has 11 nitrogen and oxygen atoms in total. The molecule has 0 spiro atoms. The molecule has 1 heterocycles. The van der Waals surface area contributed by atoms with Crippen LogP contribution in [0.15, 0.2) is 42.5 Å². The molecular weight excluding hydrogens is 537 g/mol. The fourth-order valence-corrected chi connectivity index (χ4v) is 3.79. The van der Waals surface area contributed by atoms with Crippen molar-refractivity contribution < 1.29 is 47.3 Å². The number of rotatable bonds is 9. The lowest BCUT2D eigenvalue weighted by Gasteiger charge is -2.36. The number of anilines is 2. The van der Waals surface area contributed by atoms with Crippen LogP contribution in [0.5, 0.6) is 0 Å². The number of methoxy groups -OCH3 is 1. The molecule has 1 fully saturated rings. The number of hydrogen-bond donors (Lipinski definition) is 4. The van der Waals surface area contributed by atoms with Crippen molar-refractivity contribution in [2.24, 2.45) is 0 Å². The Bertz CT molecular complexity index is 1200. The highest BCUT2D eigenvalue weighted by Gasteiger charge is 2.38. The number of halogens is 3. The highest BCUT2D eigenvalue weighted by atomic mass is 19.4. The van der Waals surface area contributed by atoms with E-state index in [0.717, 1.165) is 5.56 Å². The zero-order valence-corrected chi connectivity index (χ0v) is 22.0. The molecule has 1 aliphatic rings. The van der Waals surface area contributed by atoms with Gasteiger partial charge in [0.15, 0.2) is 0 Å². The van der Waals surface area contributed by atoms with Crippen LogP contribution < -0.4 is 15.5 Å². The first-order chi connectivity index (χ1) is 18.8. The third-order valence-electron chi connectivity index (χ3n) is 5.83. The predicted molar refractivity (Wildman–Crippen MR) is 140 cm³/mol. The summed E-state index contributed by atoms with van der Waals surface area (Å²) < 4.78 is 36.7. The molecule has 218 valence electrons. The van der Waals surface area contributed by atoms with E-state index < -0.39 is 18.1 Å². The maximum Gasteiger partial charge on any atom is 0.490 e. The van der Waals surface area contributed by atoms with Gasteiger partial charge >= 0.3 is 18.1 Å². The van der Waals surface area contributed by atoms with Crippen LogP contribution in [0.25, 0.3) is 0 Å². The monoisotopic (exact) mass is 568 g/mol. The van der Waals surface area contributed by atoms with Gasteiger partial charge in [-0.1, -0.05) is 18.2 Å². The van der Waals surface area contributed by atoms with Gasteiger partial charge in [0.25, 0.3) is 5.91 Å². The van der Waals surface area contributed by atoms with Gasteiger partial charge in [0.2, 0.25) is 5.91 Å². The van der Waals surface area contributed by atoms with Gasteiger partial charge < -0.3 is 30.5 Å². The molecule has 40 heavy (non-hydrogen) atoms. The van der Waals surface area contributed by atoms with Gasteiger partial charge in [0, 0.05) is 51.1 Å². The summed E-state index contributed by atoms with van der Waals surface area (Å²) in [7, 11) is 1.58. The summed E-state index contributed by atoms with van der Waals surface area (Å²) in [6.45, 7) is 5.58. The van der Waals surface area contributed by atoms with Crippen molar-refractivity contribution in [3.63, 3.8) is 0 Å². The van der Waals surface area contributed by atoms with Crippen LogP contribution in [-0.2, 0) is 14.3 Å². The summed E-state index contributed by atoms with van der Waals surface area (Å²) in [4.78, 5) is 49.5. The first-order valence-electron chi connectivity index (χ1n) is 12.1. The van der Waals surface area contributed by atoms with E-state index in [9.17, 15) is 32.7 Å². The summed E-state index contributed by atoms with van der Waals surface area (Å²) >= 11 is 0. The second-order valence-electron chi connectivity index (χ2n) is 8.71. The lowest BCUT2D eigenvalue weighted by molar-refractivity contribution is -0.192. The zero-order valence-electron chi connectivity index (χ0n) is 22.0. The second-order valence-corrected chi connectivity index (χ2v) is 8.71. The van der Waals surface area contributed by atoms with E-state index in [4.69, 9.17) is 14.6 Å². The van der Waals surface area contributed by atoms with Crippen LogP contribution in [-0.4, -0.2) is 98.0 Å². The number of amides is 2. The SMILES string of the molecule is COCCNC(=O)CN1CCN(c2ccc(NC(=O)c3ccccc3C)cc2C(=O)O)CC1.O=C(O)C(F)(F)F. The molecule has 0 saturated carbocycles. The van der Waals surface area contributed by atoms with Crippen molar-refractivity contribution in [1.82, 2.24) is 10.2 Å². The molecule has 3 rings (SSSR count). The average molecular weight is 569 g/mol. The zero-order chi connectivity index (χ0) is 29.9. The molecule has 4 N–H and O–H groups in total. The van der Waals surface area contributed by atoms with E-state index in [2.05, 4.69) is 10.6 Å². The fourth-order valence-electron chi connectivity index (χ4n) is 3.79. The topological polar surface area (TPSA) is 149 Å². The number of carboxylic acids is 2. The van der Waals surface area contributed by atoms with Crippen molar-refractivity contribution in [3.8, 4) is 0 Å². The molecule has 0 aliphatic carbocycles. The number of alkyl halides is 3. The van der Waals surface area contributed by atoms with Crippen molar-refractivity contribution in [2.75, 3.05) is 63.2 Å². The maximum atomic E-state index is 12.6. The summed E-state index contributed by atoms with van der Waals surface area (Å²) in [6.07, 6.45) is -5.08. The van der Waals surface area contributed by atoms with E-state index in [-0.39, 0.29) is 17.4 Å². The Morgan fingerprint density at radius 3 is 2.15 bits per heavy atom. The molecule has 0 bridgehead atoms. The number of carbonyl (C=O) groups excluding carboxylic acids is 2. The van der Waals surface area contributed by atoms with Crippen molar-refractivity contribution in [3.05, 3.63) is 59.2 Å². The van der Waals surface area contributed by atoms with E-state index in [1.54, 1.807) is 31.4 Å². The van der Waals surface area contributed by atoms with Gasteiger partial charge in [-0.3, -0.25) is 14.5 Å². The predicted octanol–water partition coefficient (Wildman–Crippen LogP) is 2.46. The summed E-state index contributed by atoms with van der Waals surface area (Å²) in [5, 5.41) is 22.5. The number of carboxylic acid groups (broad SMARTS) is 2. The Morgan fingerprint density at radius 2 is 1.60 bits per heavy atom. The highest BCUT2D eigenvalue weighted by Crippen LogP contribution is 2.26. The van der Waals surface area contributed by atoms with Gasteiger partial charge in [-0.15, -0.1) is 0 Å². The normalized spacial score (nSPS) is 13.6. The molecular formula is C26H31F3N4O7. The van der Waals surface area contributed by atoms with Gasteiger partial charge in [-0.2, -0.15) is 13.2 Å². The van der Waals surface area contributed by atoms with Crippen LogP contribution >= 0.6 is 0 Å². The summed E-state index contributed by atoms with van der Waals surface area (Å²) in [5.41, 5.74) is 2.54. The summed E-state index contributed by atoms with van der Waals surface area (Å²) in [5.74, 6) is -4.15. The van der Waals surface area contributed by atoms with Gasteiger partial charge in [-0.05, 0) is 36.8 Å². The van der Waals surface area contributed by atoms with Crippen molar-refractivity contribution in [1.29, 1.82) is 0 Å². The number of nitrogens with zero attached hydrogens (tertiary/aromatic N) is 2. The molecule has 0 unspecified atom stereocenters. The van der Waals surface area contributed by atoms with E-state index in [0.29, 0.717) is 62.8 Å². The third-order valence-corrected chi connectivity index (χ3v) is 5.83. The van der Waals surface area contributed by atoms with Crippen LogP contribution in [0.4, 0.5) is 24.5 Å². The molecule has 2 amide bonds. The number of piperazine rings is 1. The molecule has 0 atom stereocenters. The van der Waals surface area contributed by atoms with Crippen molar-refractivity contribution in [2.45, 2.75) is 13.1 Å². The Hall–Kier alpha value is -4.17. The Balaban J connectivity index is 0.000000708. The molecule has 2 aromatic carbocycles. The lowest BCUT2D eigenvalue weighted by atomic mass is 10.1. The van der Waals surface area contributed by atoms with E-state index >= 15 is 0 Å². The number of aromatic carboxylic acids is 1. The summed E-state index contributed by atoms with van der Waals surface area (Å²) in [6, 6.07) is 12.2. The molecule has 0 aromatic heterocycles. The first-order valence-corrected chi connectivity index (χ1v) is 12.1. The minimum Gasteiger partial charge on any atom is -0.478 e. The Morgan fingerprint density at radius 1 is 0.975 bits per heavy atom. The number of hydrogen-bond acceptors (Lipinski definition) is 7. The van der Waals surface area contributed by atoms with Gasteiger partial charge in [0.05, 0.1) is 24.4 Å². The number of aliphatic carboxylic acids is 1. The van der Waals surface area contributed by atoms with E-state index in [1.807, 2.05) is 28.9 Å². The molecule has 2 aromatic rings. The fraction of sp³-hybridized carbons (Fsp3) is 0.385. The number of aryl methyl sites for hydroxylation is 1. The molecule has 14 heteroatoms. The first kappa shape index (κ1) is 32.0. The number of benzene rings is 2. The third kappa shape index (κ3) is 9.85. The highest BCUT2D eigenvalue weighted by molar-refractivity contribution is 6.06. The molecule has 1 saturated heterocycles. The van der Waals surface area contributed by atoms with Crippen LogP contribution in [0, 0.1) is 6.92 Å².